The third kappa shape index (κ3) is 3.44. The van der Waals surface area contributed by atoms with Crippen LogP contribution in [0.25, 0.3) is 5.69 Å². The Balaban J connectivity index is 2.07. The van der Waals surface area contributed by atoms with Crippen LogP contribution < -0.4 is 4.80 Å². The fraction of sp³-hybridized carbons (Fsp3) is 0.111. The number of halogens is 1. The molecule has 0 atom stereocenters. The number of aromatic nitrogens is 1. The maximum absolute atomic E-state index is 12.4. The number of nitrogens with zero attached hydrogens (tertiary/aromatic N) is 2. The van der Waals surface area contributed by atoms with Gasteiger partial charge in [-0.15, -0.1) is 11.3 Å². The van der Waals surface area contributed by atoms with Gasteiger partial charge < -0.3 is 0 Å². The van der Waals surface area contributed by atoms with Crippen LogP contribution in [0.15, 0.2) is 58.9 Å². The lowest BCUT2D eigenvalue weighted by Gasteiger charge is -2.06. The van der Waals surface area contributed by atoms with Crippen molar-refractivity contribution >= 4 is 28.8 Å². The monoisotopic (exact) mass is 342 g/mol. The molecule has 5 heteroatoms. The summed E-state index contributed by atoms with van der Waals surface area (Å²) in [6.45, 7) is 3.97. The molecule has 3 rings (SSSR count). The fourth-order valence-corrected chi connectivity index (χ4v) is 3.30. The molecule has 2 aromatic carbocycles. The average molecular weight is 343 g/mol. The molecule has 0 saturated heterocycles. The number of aryl methyl sites for hydroxylation is 2. The van der Waals surface area contributed by atoms with Crippen LogP contribution >= 0.6 is 22.9 Å². The summed E-state index contributed by atoms with van der Waals surface area (Å²) >= 11 is 7.51. The van der Waals surface area contributed by atoms with E-state index in [1.54, 1.807) is 12.1 Å². The predicted octanol–water partition coefficient (Wildman–Crippen LogP) is 4.55. The number of thiazole rings is 1. The standard InChI is InChI=1S/C18H15ClN2OS/c1-12-6-8-14(9-7-12)17(22)20-18-21(13(2)11-23-18)16-5-3-4-15(19)10-16/h3-11H,1-2H3. The van der Waals surface area contributed by atoms with Gasteiger partial charge in [0.25, 0.3) is 5.91 Å². The van der Waals surface area contributed by atoms with Gasteiger partial charge in [-0.25, -0.2) is 0 Å². The van der Waals surface area contributed by atoms with Crippen LogP contribution in [0.3, 0.4) is 0 Å². The number of benzene rings is 2. The van der Waals surface area contributed by atoms with Gasteiger partial charge in [0.05, 0.1) is 0 Å². The van der Waals surface area contributed by atoms with Gasteiger partial charge in [-0.1, -0.05) is 35.4 Å². The zero-order valence-corrected chi connectivity index (χ0v) is 14.4. The van der Waals surface area contributed by atoms with Crippen molar-refractivity contribution in [2.45, 2.75) is 13.8 Å². The molecule has 0 unspecified atom stereocenters. The van der Waals surface area contributed by atoms with E-state index in [-0.39, 0.29) is 5.91 Å². The first-order valence-corrected chi connectivity index (χ1v) is 8.39. The number of carbonyl (C=O) groups excluding carboxylic acids is 1. The maximum atomic E-state index is 12.4. The Kier molecular flexibility index (Phi) is 4.46. The minimum Gasteiger partial charge on any atom is -0.290 e. The van der Waals surface area contributed by atoms with Gasteiger partial charge in [-0.3, -0.25) is 9.36 Å². The van der Waals surface area contributed by atoms with Gasteiger partial charge >= 0.3 is 0 Å². The van der Waals surface area contributed by atoms with Gasteiger partial charge in [-0.05, 0) is 44.2 Å². The largest absolute Gasteiger partial charge is 0.290 e. The Morgan fingerprint density at radius 2 is 1.87 bits per heavy atom. The molecule has 1 aromatic heterocycles. The van der Waals surface area contributed by atoms with E-state index in [1.165, 1.54) is 11.3 Å². The Morgan fingerprint density at radius 3 is 2.57 bits per heavy atom. The van der Waals surface area contributed by atoms with Crippen molar-refractivity contribution in [1.29, 1.82) is 0 Å². The number of rotatable bonds is 2. The van der Waals surface area contributed by atoms with Crippen molar-refractivity contribution in [1.82, 2.24) is 4.57 Å². The smallest absolute Gasteiger partial charge is 0.279 e. The molecule has 3 nitrogen and oxygen atoms in total. The first-order chi connectivity index (χ1) is 11.0. The molecule has 1 amide bonds. The van der Waals surface area contributed by atoms with Crippen LogP contribution in [-0.2, 0) is 0 Å². The summed E-state index contributed by atoms with van der Waals surface area (Å²) in [4.78, 5) is 17.3. The van der Waals surface area contributed by atoms with Crippen LogP contribution in [0, 0.1) is 13.8 Å². The summed E-state index contributed by atoms with van der Waals surface area (Å²) in [7, 11) is 0. The van der Waals surface area contributed by atoms with Crippen molar-refractivity contribution in [3.63, 3.8) is 0 Å². The lowest BCUT2D eigenvalue weighted by Crippen LogP contribution is -2.16. The molecule has 0 aliphatic carbocycles. The zero-order valence-electron chi connectivity index (χ0n) is 12.8. The Bertz CT molecular complexity index is 923. The Morgan fingerprint density at radius 1 is 1.13 bits per heavy atom. The number of hydrogen-bond acceptors (Lipinski definition) is 2. The van der Waals surface area contributed by atoms with E-state index in [2.05, 4.69) is 4.99 Å². The molecule has 0 spiro atoms. The topological polar surface area (TPSA) is 34.4 Å². The fourth-order valence-electron chi connectivity index (χ4n) is 2.25. The van der Waals surface area contributed by atoms with Crippen molar-refractivity contribution in [3.05, 3.63) is 80.6 Å². The van der Waals surface area contributed by atoms with Crippen LogP contribution in [-0.4, -0.2) is 10.5 Å². The minimum atomic E-state index is -0.248. The lowest BCUT2D eigenvalue weighted by atomic mass is 10.1. The molecule has 1 heterocycles. The molecule has 116 valence electrons. The van der Waals surface area contributed by atoms with E-state index in [1.807, 2.05) is 60.2 Å². The van der Waals surface area contributed by atoms with E-state index >= 15 is 0 Å². The summed E-state index contributed by atoms with van der Waals surface area (Å²) < 4.78 is 1.93. The molecule has 23 heavy (non-hydrogen) atoms. The molecule has 0 aliphatic rings. The van der Waals surface area contributed by atoms with Gasteiger partial charge in [0.2, 0.25) is 0 Å². The minimum absolute atomic E-state index is 0.248. The molecule has 0 N–H and O–H groups in total. The average Bonchev–Trinajstić information content (AvgIpc) is 2.88. The first-order valence-electron chi connectivity index (χ1n) is 7.13. The highest BCUT2D eigenvalue weighted by atomic mass is 35.5. The second-order valence-electron chi connectivity index (χ2n) is 5.26. The molecule has 0 radical (unpaired) electrons. The molecule has 0 bridgehead atoms. The van der Waals surface area contributed by atoms with Crippen LogP contribution in [0.1, 0.15) is 21.6 Å². The van der Waals surface area contributed by atoms with Gasteiger partial charge in [0.1, 0.15) is 0 Å². The van der Waals surface area contributed by atoms with E-state index in [0.717, 1.165) is 16.9 Å². The second kappa shape index (κ2) is 6.52. The summed E-state index contributed by atoms with van der Waals surface area (Å²) in [6.07, 6.45) is 0. The van der Waals surface area contributed by atoms with E-state index < -0.39 is 0 Å². The normalized spacial score (nSPS) is 11.7. The lowest BCUT2D eigenvalue weighted by molar-refractivity contribution is 0.0998. The molecule has 0 aliphatic heterocycles. The summed E-state index contributed by atoms with van der Waals surface area (Å²) in [5.74, 6) is -0.248. The SMILES string of the molecule is Cc1ccc(C(=O)N=c2scc(C)n2-c2cccc(Cl)c2)cc1. The quantitative estimate of drug-likeness (QED) is 0.672. The number of amides is 1. The Labute approximate surface area is 143 Å². The molecular weight excluding hydrogens is 328 g/mol. The zero-order chi connectivity index (χ0) is 16.4. The number of hydrogen-bond donors (Lipinski definition) is 0. The van der Waals surface area contributed by atoms with E-state index in [4.69, 9.17) is 11.6 Å². The van der Waals surface area contributed by atoms with Crippen molar-refractivity contribution in [2.24, 2.45) is 4.99 Å². The second-order valence-corrected chi connectivity index (χ2v) is 6.53. The van der Waals surface area contributed by atoms with Crippen molar-refractivity contribution < 1.29 is 4.79 Å². The number of carbonyl (C=O) groups is 1. The van der Waals surface area contributed by atoms with Gasteiger partial charge in [0, 0.05) is 27.3 Å². The van der Waals surface area contributed by atoms with Gasteiger partial charge in [0.15, 0.2) is 4.80 Å². The molecule has 0 saturated carbocycles. The summed E-state index contributed by atoms with van der Waals surface area (Å²) in [6, 6.07) is 14.9. The van der Waals surface area contributed by atoms with Crippen LogP contribution in [0.4, 0.5) is 0 Å². The van der Waals surface area contributed by atoms with Crippen LogP contribution in [0.5, 0.6) is 0 Å². The highest BCUT2D eigenvalue weighted by molar-refractivity contribution is 7.07. The third-order valence-electron chi connectivity index (χ3n) is 3.44. The summed E-state index contributed by atoms with van der Waals surface area (Å²) in [5.41, 5.74) is 3.60. The van der Waals surface area contributed by atoms with E-state index in [0.29, 0.717) is 15.4 Å². The maximum Gasteiger partial charge on any atom is 0.279 e. The highest BCUT2D eigenvalue weighted by Crippen LogP contribution is 2.16. The van der Waals surface area contributed by atoms with Crippen molar-refractivity contribution in [2.75, 3.05) is 0 Å². The van der Waals surface area contributed by atoms with E-state index in [9.17, 15) is 4.79 Å². The van der Waals surface area contributed by atoms with Crippen LogP contribution in [0.2, 0.25) is 5.02 Å². The highest BCUT2D eigenvalue weighted by Gasteiger charge is 2.08. The van der Waals surface area contributed by atoms with Crippen molar-refractivity contribution in [3.8, 4) is 5.69 Å². The molecule has 3 aromatic rings. The molecule has 0 fully saturated rings. The molecular formula is C18H15ClN2OS. The first kappa shape index (κ1) is 15.7. The summed E-state index contributed by atoms with van der Waals surface area (Å²) in [5, 5.41) is 2.62. The Hall–Kier alpha value is -2.17. The predicted molar refractivity (Wildman–Crippen MR) is 94.5 cm³/mol. The third-order valence-corrected chi connectivity index (χ3v) is 4.62. The van der Waals surface area contributed by atoms with Gasteiger partial charge in [-0.2, -0.15) is 4.99 Å².